The molecule has 0 aromatic heterocycles. The Bertz CT molecular complexity index is 572. The average Bonchev–Trinajstić information content (AvgIpc) is 2.95. The molecule has 2 fully saturated rings. The van der Waals surface area contributed by atoms with E-state index in [0.29, 0.717) is 13.1 Å². The minimum atomic E-state index is -0.328. The Morgan fingerprint density at radius 3 is 2.52 bits per heavy atom. The number of nitrogens with zero attached hydrogens (tertiary/aromatic N) is 2. The van der Waals surface area contributed by atoms with Gasteiger partial charge in [-0.05, 0) is 55.7 Å². The Hall–Kier alpha value is -2.02. The molecule has 23 heavy (non-hydrogen) atoms. The average molecular weight is 334 g/mol. The standard InChI is InChI=1S/C16H22N4O2S/c17-15(23)18-10-14-11-20(16(21)22-14)13-6-4-12(5-7-13)19-8-2-1-3-9-19/h4-7,14H,1-3,8-11H2,(H3,17,18,23)/t14-/m0/s1. The first kappa shape index (κ1) is 15.9. The summed E-state index contributed by atoms with van der Waals surface area (Å²) in [6, 6.07) is 8.12. The fourth-order valence-corrected chi connectivity index (χ4v) is 3.13. The Kier molecular flexibility index (Phi) is 4.85. The zero-order valence-electron chi connectivity index (χ0n) is 13.0. The Balaban J connectivity index is 1.62. The molecule has 0 spiro atoms. The molecule has 0 unspecified atom stereocenters. The number of hydrogen-bond acceptors (Lipinski definition) is 4. The van der Waals surface area contributed by atoms with E-state index in [0.717, 1.165) is 18.8 Å². The van der Waals surface area contributed by atoms with E-state index in [-0.39, 0.29) is 17.3 Å². The molecule has 124 valence electrons. The Morgan fingerprint density at radius 1 is 1.22 bits per heavy atom. The van der Waals surface area contributed by atoms with Crippen molar-refractivity contribution in [3.05, 3.63) is 24.3 Å². The third-order valence-electron chi connectivity index (χ3n) is 4.26. The van der Waals surface area contributed by atoms with Crippen LogP contribution in [0.5, 0.6) is 0 Å². The number of benzene rings is 1. The van der Waals surface area contributed by atoms with Crippen LogP contribution in [-0.4, -0.2) is 43.5 Å². The molecule has 0 saturated carbocycles. The summed E-state index contributed by atoms with van der Waals surface area (Å²) in [5, 5.41) is 3.04. The van der Waals surface area contributed by atoms with Crippen LogP contribution < -0.4 is 20.9 Å². The lowest BCUT2D eigenvalue weighted by molar-refractivity contribution is 0.143. The number of rotatable bonds is 4. The second kappa shape index (κ2) is 7.04. The summed E-state index contributed by atoms with van der Waals surface area (Å²) in [5.41, 5.74) is 7.47. The van der Waals surface area contributed by atoms with E-state index in [1.807, 2.05) is 12.1 Å². The van der Waals surface area contributed by atoms with Gasteiger partial charge in [-0.15, -0.1) is 0 Å². The van der Waals surface area contributed by atoms with Gasteiger partial charge in [0, 0.05) is 24.5 Å². The van der Waals surface area contributed by atoms with E-state index in [2.05, 4.69) is 22.3 Å². The van der Waals surface area contributed by atoms with Gasteiger partial charge in [-0.3, -0.25) is 4.90 Å². The van der Waals surface area contributed by atoms with Crippen molar-refractivity contribution in [2.45, 2.75) is 25.4 Å². The van der Waals surface area contributed by atoms with Crippen LogP contribution in [0.4, 0.5) is 16.2 Å². The van der Waals surface area contributed by atoms with Gasteiger partial charge < -0.3 is 20.7 Å². The van der Waals surface area contributed by atoms with Crippen molar-refractivity contribution in [3.8, 4) is 0 Å². The first-order valence-corrected chi connectivity index (χ1v) is 8.41. The fraction of sp³-hybridized carbons (Fsp3) is 0.500. The summed E-state index contributed by atoms with van der Waals surface area (Å²) < 4.78 is 5.32. The van der Waals surface area contributed by atoms with Crippen molar-refractivity contribution in [3.63, 3.8) is 0 Å². The van der Waals surface area contributed by atoms with Crippen molar-refractivity contribution in [2.75, 3.05) is 36.0 Å². The molecule has 1 aromatic rings. The van der Waals surface area contributed by atoms with E-state index in [4.69, 9.17) is 22.7 Å². The third kappa shape index (κ3) is 3.85. The van der Waals surface area contributed by atoms with Gasteiger partial charge in [-0.2, -0.15) is 0 Å². The number of carbonyl (C=O) groups is 1. The lowest BCUT2D eigenvalue weighted by atomic mass is 10.1. The van der Waals surface area contributed by atoms with Crippen molar-refractivity contribution in [1.29, 1.82) is 0 Å². The summed E-state index contributed by atoms with van der Waals surface area (Å²) in [6.07, 6.45) is 3.24. The highest BCUT2D eigenvalue weighted by atomic mass is 32.1. The summed E-state index contributed by atoms with van der Waals surface area (Å²) >= 11 is 4.77. The molecule has 6 nitrogen and oxygen atoms in total. The number of amides is 1. The van der Waals surface area contributed by atoms with Gasteiger partial charge in [-0.1, -0.05) is 0 Å². The van der Waals surface area contributed by atoms with Gasteiger partial charge in [0.05, 0.1) is 13.1 Å². The van der Waals surface area contributed by atoms with Crippen LogP contribution in [0.15, 0.2) is 24.3 Å². The molecular formula is C16H22N4O2S. The van der Waals surface area contributed by atoms with E-state index in [9.17, 15) is 4.79 Å². The monoisotopic (exact) mass is 334 g/mol. The van der Waals surface area contributed by atoms with E-state index >= 15 is 0 Å². The molecule has 0 bridgehead atoms. The highest BCUT2D eigenvalue weighted by Crippen LogP contribution is 2.26. The largest absolute Gasteiger partial charge is 0.442 e. The number of carbonyl (C=O) groups excluding carboxylic acids is 1. The fourth-order valence-electron chi connectivity index (χ4n) is 3.05. The molecule has 2 aliphatic heterocycles. The van der Waals surface area contributed by atoms with Gasteiger partial charge in [0.15, 0.2) is 5.11 Å². The predicted octanol–water partition coefficient (Wildman–Crippen LogP) is 1.84. The first-order valence-electron chi connectivity index (χ1n) is 8.00. The van der Waals surface area contributed by atoms with Crippen molar-refractivity contribution in [2.24, 2.45) is 5.73 Å². The molecule has 7 heteroatoms. The maximum Gasteiger partial charge on any atom is 0.414 e. The second-order valence-electron chi connectivity index (χ2n) is 5.93. The van der Waals surface area contributed by atoms with Crippen LogP contribution in [0.2, 0.25) is 0 Å². The Morgan fingerprint density at radius 2 is 1.87 bits per heavy atom. The highest BCUT2D eigenvalue weighted by molar-refractivity contribution is 7.80. The zero-order chi connectivity index (χ0) is 16.2. The molecule has 1 amide bonds. The molecule has 0 aliphatic carbocycles. The van der Waals surface area contributed by atoms with Gasteiger partial charge in [0.25, 0.3) is 0 Å². The number of nitrogens with two attached hydrogens (primary N) is 1. The molecule has 1 atom stereocenters. The molecule has 1 aromatic carbocycles. The molecule has 2 heterocycles. The first-order chi connectivity index (χ1) is 11.1. The van der Waals surface area contributed by atoms with Crippen molar-refractivity contribution in [1.82, 2.24) is 5.32 Å². The van der Waals surface area contributed by atoms with Gasteiger partial charge >= 0.3 is 6.09 Å². The minimum Gasteiger partial charge on any atom is -0.442 e. The molecular weight excluding hydrogens is 312 g/mol. The van der Waals surface area contributed by atoms with Crippen LogP contribution in [0.1, 0.15) is 19.3 Å². The van der Waals surface area contributed by atoms with Crippen molar-refractivity contribution < 1.29 is 9.53 Å². The summed E-state index contributed by atoms with van der Waals surface area (Å²) in [6.45, 7) is 3.15. The van der Waals surface area contributed by atoms with Gasteiger partial charge in [0.1, 0.15) is 6.10 Å². The predicted molar refractivity (Wildman–Crippen MR) is 94.9 cm³/mol. The topological polar surface area (TPSA) is 70.8 Å². The molecule has 3 rings (SSSR count). The maximum absolute atomic E-state index is 12.0. The van der Waals surface area contributed by atoms with Crippen LogP contribution in [-0.2, 0) is 4.74 Å². The summed E-state index contributed by atoms with van der Waals surface area (Å²) in [7, 11) is 0. The number of anilines is 2. The number of nitrogens with one attached hydrogen (secondary N) is 1. The number of hydrogen-bond donors (Lipinski definition) is 2. The second-order valence-corrected chi connectivity index (χ2v) is 6.37. The lowest BCUT2D eigenvalue weighted by Crippen LogP contribution is -2.37. The number of piperidine rings is 1. The van der Waals surface area contributed by atoms with E-state index in [1.54, 1.807) is 4.90 Å². The molecule has 2 saturated heterocycles. The molecule has 0 radical (unpaired) electrons. The highest BCUT2D eigenvalue weighted by Gasteiger charge is 2.32. The van der Waals surface area contributed by atoms with E-state index < -0.39 is 0 Å². The maximum atomic E-state index is 12.0. The molecule has 3 N–H and O–H groups in total. The van der Waals surface area contributed by atoms with Crippen LogP contribution in [0.3, 0.4) is 0 Å². The lowest BCUT2D eigenvalue weighted by Gasteiger charge is -2.29. The molecule has 2 aliphatic rings. The van der Waals surface area contributed by atoms with Gasteiger partial charge in [0.2, 0.25) is 0 Å². The summed E-state index contributed by atoms with van der Waals surface area (Å²) in [5.74, 6) is 0. The van der Waals surface area contributed by atoms with E-state index in [1.165, 1.54) is 24.9 Å². The van der Waals surface area contributed by atoms with Crippen LogP contribution in [0.25, 0.3) is 0 Å². The van der Waals surface area contributed by atoms with Gasteiger partial charge in [-0.25, -0.2) is 4.79 Å². The SMILES string of the molecule is NC(=S)NC[C@H]1CN(c2ccc(N3CCCCC3)cc2)C(=O)O1. The normalized spacial score (nSPS) is 21.2. The zero-order valence-corrected chi connectivity index (χ0v) is 13.8. The summed E-state index contributed by atoms with van der Waals surface area (Å²) in [4.78, 5) is 16.1. The van der Waals surface area contributed by atoms with Crippen LogP contribution in [0, 0.1) is 0 Å². The number of cyclic esters (lactones) is 1. The smallest absolute Gasteiger partial charge is 0.414 e. The van der Waals surface area contributed by atoms with Crippen molar-refractivity contribution >= 4 is 34.8 Å². The quantitative estimate of drug-likeness (QED) is 0.819. The number of ether oxygens (including phenoxy) is 1. The minimum absolute atomic E-state index is 0.213. The van der Waals surface area contributed by atoms with Crippen LogP contribution >= 0.6 is 12.2 Å². The third-order valence-corrected chi connectivity index (χ3v) is 4.40. The number of thiocarbonyl (C=S) groups is 1. The Labute approximate surface area is 141 Å².